The van der Waals surface area contributed by atoms with Crippen molar-refractivity contribution in [2.24, 2.45) is 17.0 Å². The first-order valence-corrected chi connectivity index (χ1v) is 4.66. The molecule has 0 aromatic rings. The van der Waals surface area contributed by atoms with Gasteiger partial charge in [-0.3, -0.25) is 0 Å². The van der Waals surface area contributed by atoms with E-state index >= 15 is 0 Å². The molecular formula is C9H15F2NO. The van der Waals surface area contributed by atoms with Crippen LogP contribution < -0.4 is 0 Å². The van der Waals surface area contributed by atoms with Gasteiger partial charge in [-0.05, 0) is 18.3 Å². The average molecular weight is 191 g/mol. The fraction of sp³-hybridized carbons (Fsp3) is 1.00. The Bertz CT molecular complexity index is 194. The number of rotatable bonds is 3. The van der Waals surface area contributed by atoms with Gasteiger partial charge in [0.2, 0.25) is 5.92 Å². The highest BCUT2D eigenvalue weighted by Crippen LogP contribution is 2.42. The highest BCUT2D eigenvalue weighted by molar-refractivity contribution is 4.89. The van der Waals surface area contributed by atoms with Crippen molar-refractivity contribution in [2.45, 2.75) is 45.1 Å². The van der Waals surface area contributed by atoms with Crippen molar-refractivity contribution >= 4 is 0 Å². The SMILES string of the molecule is CC(C)C(N=O)C1CCC(F)(F)C1. The molecular weight excluding hydrogens is 176 g/mol. The lowest BCUT2D eigenvalue weighted by Crippen LogP contribution is -2.23. The van der Waals surface area contributed by atoms with E-state index in [1.807, 2.05) is 13.8 Å². The van der Waals surface area contributed by atoms with E-state index in [1.165, 1.54) is 0 Å². The van der Waals surface area contributed by atoms with E-state index in [1.54, 1.807) is 0 Å². The molecule has 0 radical (unpaired) electrons. The molecule has 0 amide bonds. The molecule has 1 rings (SSSR count). The molecule has 1 aliphatic carbocycles. The van der Waals surface area contributed by atoms with Crippen molar-refractivity contribution in [3.63, 3.8) is 0 Å². The van der Waals surface area contributed by atoms with Crippen molar-refractivity contribution in [2.75, 3.05) is 0 Å². The first kappa shape index (κ1) is 10.5. The van der Waals surface area contributed by atoms with Gasteiger partial charge in [-0.15, -0.1) is 0 Å². The van der Waals surface area contributed by atoms with E-state index in [0.29, 0.717) is 6.42 Å². The maximum atomic E-state index is 12.8. The minimum Gasteiger partial charge on any atom is -0.207 e. The minimum absolute atomic E-state index is 0.0661. The number of nitroso groups, excluding NO2 is 1. The lowest BCUT2D eigenvalue weighted by atomic mass is 9.90. The Labute approximate surface area is 76.7 Å². The molecule has 0 aliphatic heterocycles. The Morgan fingerprint density at radius 3 is 2.38 bits per heavy atom. The van der Waals surface area contributed by atoms with Gasteiger partial charge in [-0.25, -0.2) is 8.78 Å². The number of halogens is 2. The van der Waals surface area contributed by atoms with Crippen LogP contribution in [-0.4, -0.2) is 12.0 Å². The van der Waals surface area contributed by atoms with Crippen LogP contribution in [0.5, 0.6) is 0 Å². The van der Waals surface area contributed by atoms with Crippen LogP contribution in [0.1, 0.15) is 33.1 Å². The van der Waals surface area contributed by atoms with Gasteiger partial charge in [0.15, 0.2) is 0 Å². The van der Waals surface area contributed by atoms with Gasteiger partial charge in [0, 0.05) is 12.8 Å². The van der Waals surface area contributed by atoms with Gasteiger partial charge in [0.1, 0.15) is 0 Å². The predicted octanol–water partition coefficient (Wildman–Crippen LogP) is 3.21. The second-order valence-corrected chi connectivity index (χ2v) is 4.20. The van der Waals surface area contributed by atoms with Gasteiger partial charge >= 0.3 is 0 Å². The summed E-state index contributed by atoms with van der Waals surface area (Å²) in [5.41, 5.74) is 0. The molecule has 0 heterocycles. The first-order valence-electron chi connectivity index (χ1n) is 4.66. The molecule has 76 valence electrons. The molecule has 2 unspecified atom stereocenters. The van der Waals surface area contributed by atoms with Crippen molar-refractivity contribution in [3.8, 4) is 0 Å². The zero-order chi connectivity index (χ0) is 10.1. The predicted molar refractivity (Wildman–Crippen MR) is 46.7 cm³/mol. The quantitative estimate of drug-likeness (QED) is 0.630. The van der Waals surface area contributed by atoms with Crippen molar-refractivity contribution in [1.29, 1.82) is 0 Å². The third-order valence-electron chi connectivity index (χ3n) is 2.73. The van der Waals surface area contributed by atoms with E-state index < -0.39 is 12.0 Å². The lowest BCUT2D eigenvalue weighted by molar-refractivity contribution is 0.00328. The second kappa shape index (κ2) is 3.68. The number of hydrogen-bond acceptors (Lipinski definition) is 2. The summed E-state index contributed by atoms with van der Waals surface area (Å²) in [5.74, 6) is -2.72. The molecule has 0 N–H and O–H groups in total. The Kier molecular flexibility index (Phi) is 2.98. The zero-order valence-electron chi connectivity index (χ0n) is 7.96. The molecule has 0 aromatic heterocycles. The molecule has 0 bridgehead atoms. The van der Waals surface area contributed by atoms with Crippen LogP contribution in [0.2, 0.25) is 0 Å². The summed E-state index contributed by atoms with van der Waals surface area (Å²) in [4.78, 5) is 10.4. The van der Waals surface area contributed by atoms with Crippen molar-refractivity contribution in [1.82, 2.24) is 0 Å². The summed E-state index contributed by atoms with van der Waals surface area (Å²) in [7, 11) is 0. The highest BCUT2D eigenvalue weighted by Gasteiger charge is 2.43. The topological polar surface area (TPSA) is 29.4 Å². The van der Waals surface area contributed by atoms with E-state index in [9.17, 15) is 13.7 Å². The van der Waals surface area contributed by atoms with Gasteiger partial charge in [0.25, 0.3) is 0 Å². The summed E-state index contributed by atoms with van der Waals surface area (Å²) in [6, 6.07) is -0.437. The average Bonchev–Trinajstić information content (AvgIpc) is 2.31. The fourth-order valence-electron chi connectivity index (χ4n) is 2.03. The summed E-state index contributed by atoms with van der Waals surface area (Å²) < 4.78 is 25.6. The molecule has 2 atom stereocenters. The maximum absolute atomic E-state index is 12.8. The van der Waals surface area contributed by atoms with E-state index in [2.05, 4.69) is 5.18 Å². The summed E-state index contributed by atoms with van der Waals surface area (Å²) >= 11 is 0. The minimum atomic E-state index is -2.57. The van der Waals surface area contributed by atoms with Gasteiger partial charge in [0.05, 0.1) is 6.04 Å². The number of hydrogen-bond donors (Lipinski definition) is 0. The van der Waals surface area contributed by atoms with Gasteiger partial charge in [-0.2, -0.15) is 4.91 Å². The number of alkyl halides is 2. The van der Waals surface area contributed by atoms with Gasteiger partial charge < -0.3 is 0 Å². The monoisotopic (exact) mass is 191 g/mol. The molecule has 1 fully saturated rings. The van der Waals surface area contributed by atoms with Crippen LogP contribution in [0, 0.1) is 16.7 Å². The first-order chi connectivity index (χ1) is 5.96. The zero-order valence-corrected chi connectivity index (χ0v) is 7.96. The molecule has 0 spiro atoms. The van der Waals surface area contributed by atoms with Crippen LogP contribution in [0.4, 0.5) is 8.78 Å². The Morgan fingerprint density at radius 1 is 1.46 bits per heavy atom. The molecule has 2 nitrogen and oxygen atoms in total. The van der Waals surface area contributed by atoms with Crippen LogP contribution in [0.25, 0.3) is 0 Å². The van der Waals surface area contributed by atoms with Gasteiger partial charge in [-0.1, -0.05) is 19.0 Å². The van der Waals surface area contributed by atoms with E-state index in [-0.39, 0.29) is 24.7 Å². The third kappa shape index (κ3) is 2.45. The van der Waals surface area contributed by atoms with Crippen LogP contribution in [-0.2, 0) is 0 Å². The molecule has 1 saturated carbocycles. The van der Waals surface area contributed by atoms with E-state index in [0.717, 1.165) is 0 Å². The van der Waals surface area contributed by atoms with Crippen molar-refractivity contribution < 1.29 is 8.78 Å². The summed E-state index contributed by atoms with van der Waals surface area (Å²) in [6.45, 7) is 3.70. The van der Waals surface area contributed by atoms with Crippen LogP contribution in [0.3, 0.4) is 0 Å². The summed E-state index contributed by atoms with van der Waals surface area (Å²) in [6.07, 6.45) is 0.180. The Hall–Kier alpha value is -0.540. The Balaban J connectivity index is 2.58. The molecule has 4 heteroatoms. The maximum Gasteiger partial charge on any atom is 0.248 e. The van der Waals surface area contributed by atoms with Crippen molar-refractivity contribution in [3.05, 3.63) is 4.91 Å². The smallest absolute Gasteiger partial charge is 0.207 e. The largest absolute Gasteiger partial charge is 0.248 e. The lowest BCUT2D eigenvalue weighted by Gasteiger charge is -2.19. The molecule has 1 aliphatic rings. The fourth-order valence-corrected chi connectivity index (χ4v) is 2.03. The van der Waals surface area contributed by atoms with Crippen LogP contribution in [0.15, 0.2) is 5.18 Å². The second-order valence-electron chi connectivity index (χ2n) is 4.20. The van der Waals surface area contributed by atoms with Crippen LogP contribution >= 0.6 is 0 Å². The normalized spacial score (nSPS) is 29.2. The highest BCUT2D eigenvalue weighted by atomic mass is 19.3. The van der Waals surface area contributed by atoms with E-state index in [4.69, 9.17) is 0 Å². The standard InChI is InChI=1S/C9H15F2NO/c1-6(2)8(12-13)7-3-4-9(10,11)5-7/h6-8H,3-5H2,1-2H3. The number of nitrogens with zero attached hydrogens (tertiary/aromatic N) is 1. The molecule has 0 saturated heterocycles. The summed E-state index contributed by atoms with van der Waals surface area (Å²) in [5, 5.41) is 2.95. The third-order valence-corrected chi connectivity index (χ3v) is 2.73. The molecule has 13 heavy (non-hydrogen) atoms. The molecule has 0 aromatic carbocycles. The Morgan fingerprint density at radius 2 is 2.08 bits per heavy atom.